The highest BCUT2D eigenvalue weighted by atomic mass is 32.2. The van der Waals surface area contributed by atoms with Crippen LogP contribution in [-0.4, -0.2) is 51.4 Å². The quantitative estimate of drug-likeness (QED) is 0.200. The number of sulfonamides is 1. The summed E-state index contributed by atoms with van der Waals surface area (Å²) in [5, 5.41) is 2.95. The van der Waals surface area contributed by atoms with E-state index in [2.05, 4.69) is 5.32 Å². The number of ether oxygens (including phenoxy) is 1. The Bertz CT molecular complexity index is 1670. The van der Waals surface area contributed by atoms with Crippen molar-refractivity contribution >= 4 is 27.5 Å². The third-order valence-electron chi connectivity index (χ3n) is 7.17. The van der Waals surface area contributed by atoms with Crippen LogP contribution in [0.25, 0.3) is 0 Å². The molecule has 4 rings (SSSR count). The number of carbonyl (C=O) groups is 2. The lowest BCUT2D eigenvalue weighted by Crippen LogP contribution is -2.53. The summed E-state index contributed by atoms with van der Waals surface area (Å²) in [5.74, 6) is -0.854. The first-order valence-electron chi connectivity index (χ1n) is 14.7. The molecule has 0 heterocycles. The summed E-state index contributed by atoms with van der Waals surface area (Å²) in [5.41, 5.74) is 1.62. The summed E-state index contributed by atoms with van der Waals surface area (Å²) in [4.78, 5) is 29.6. The Labute approximate surface area is 264 Å². The van der Waals surface area contributed by atoms with Gasteiger partial charge in [-0.2, -0.15) is 0 Å². The van der Waals surface area contributed by atoms with Gasteiger partial charge < -0.3 is 15.0 Å². The molecule has 4 aromatic rings. The van der Waals surface area contributed by atoms with Crippen LogP contribution in [0.2, 0.25) is 0 Å². The molecular formula is C35H38FN3O5S. The first-order valence-corrected chi connectivity index (χ1v) is 16.1. The molecule has 0 saturated carbocycles. The Morgan fingerprint density at radius 2 is 1.49 bits per heavy atom. The number of halogens is 1. The van der Waals surface area contributed by atoms with Gasteiger partial charge in [0.05, 0.1) is 17.7 Å². The number of methoxy groups -OCH3 is 1. The highest BCUT2D eigenvalue weighted by molar-refractivity contribution is 7.92. The lowest BCUT2D eigenvalue weighted by molar-refractivity contribution is -0.140. The molecule has 2 amide bonds. The molecule has 0 aliphatic carbocycles. The van der Waals surface area contributed by atoms with Gasteiger partial charge in [-0.3, -0.25) is 13.9 Å². The van der Waals surface area contributed by atoms with E-state index >= 15 is 0 Å². The topological polar surface area (TPSA) is 96.0 Å². The summed E-state index contributed by atoms with van der Waals surface area (Å²) in [6, 6.07) is 28.2. The molecule has 0 aliphatic rings. The second-order valence-electron chi connectivity index (χ2n) is 11.0. The van der Waals surface area contributed by atoms with Crippen molar-refractivity contribution in [3.8, 4) is 5.75 Å². The molecule has 4 aromatic carbocycles. The SMILES string of the molecule is COc1cccc(N(CC(=O)N(Cc2ccc(F)cc2)[C@H](Cc2ccccc2)C(=O)NCC(C)C)S(=O)(=O)c2ccccc2)c1. The molecule has 0 saturated heterocycles. The number of anilines is 1. The lowest BCUT2D eigenvalue weighted by atomic mass is 10.0. The number of rotatable bonds is 14. The van der Waals surface area contributed by atoms with Gasteiger partial charge in [-0.25, -0.2) is 12.8 Å². The third-order valence-corrected chi connectivity index (χ3v) is 8.96. The normalized spacial score (nSPS) is 11.9. The van der Waals surface area contributed by atoms with Crippen molar-refractivity contribution in [1.82, 2.24) is 10.2 Å². The summed E-state index contributed by atoms with van der Waals surface area (Å²) in [6.07, 6.45) is 0.183. The van der Waals surface area contributed by atoms with Crippen molar-refractivity contribution in [2.45, 2.75) is 37.8 Å². The average Bonchev–Trinajstić information content (AvgIpc) is 3.05. The zero-order chi connectivity index (χ0) is 32.4. The number of nitrogens with one attached hydrogen (secondary N) is 1. The molecule has 0 bridgehead atoms. The third kappa shape index (κ3) is 8.92. The standard InChI is InChI=1S/C35H38FN3O5S/c1-26(2)23-37-35(41)33(21-27-11-6-4-7-12-27)38(24-28-17-19-29(36)20-18-28)34(40)25-39(30-13-10-14-31(22-30)44-3)45(42,43)32-15-8-5-9-16-32/h4-20,22,26,33H,21,23-25H2,1-3H3,(H,37,41)/t33-/m1/s1. The van der Waals surface area contributed by atoms with E-state index in [9.17, 15) is 22.4 Å². The highest BCUT2D eigenvalue weighted by Crippen LogP contribution is 2.28. The van der Waals surface area contributed by atoms with Crippen LogP contribution in [0.1, 0.15) is 25.0 Å². The average molecular weight is 632 g/mol. The molecule has 236 valence electrons. The monoisotopic (exact) mass is 631 g/mol. The van der Waals surface area contributed by atoms with Crippen molar-refractivity contribution in [3.05, 3.63) is 126 Å². The van der Waals surface area contributed by atoms with E-state index in [1.807, 2.05) is 44.2 Å². The van der Waals surface area contributed by atoms with Crippen LogP contribution in [0.4, 0.5) is 10.1 Å². The van der Waals surface area contributed by atoms with Gasteiger partial charge in [-0.05, 0) is 53.4 Å². The molecular weight excluding hydrogens is 593 g/mol. The van der Waals surface area contributed by atoms with Gasteiger partial charge in [0.25, 0.3) is 10.0 Å². The zero-order valence-electron chi connectivity index (χ0n) is 25.6. The van der Waals surface area contributed by atoms with Gasteiger partial charge in [-0.1, -0.05) is 80.6 Å². The fourth-order valence-corrected chi connectivity index (χ4v) is 6.20. The van der Waals surface area contributed by atoms with E-state index in [1.54, 1.807) is 48.5 Å². The van der Waals surface area contributed by atoms with Crippen LogP contribution in [-0.2, 0) is 32.6 Å². The second kappa shape index (κ2) is 15.3. The van der Waals surface area contributed by atoms with Gasteiger partial charge in [-0.15, -0.1) is 0 Å². The van der Waals surface area contributed by atoms with Gasteiger partial charge >= 0.3 is 0 Å². The minimum atomic E-state index is -4.23. The number of carbonyl (C=O) groups excluding carboxylic acids is 2. The Balaban J connectivity index is 1.80. The molecule has 0 aliphatic heterocycles. The summed E-state index contributed by atoms with van der Waals surface area (Å²) < 4.78 is 48.3. The first-order chi connectivity index (χ1) is 21.6. The number of amides is 2. The van der Waals surface area contributed by atoms with E-state index < -0.39 is 34.3 Å². The van der Waals surface area contributed by atoms with Crippen molar-refractivity contribution in [3.63, 3.8) is 0 Å². The van der Waals surface area contributed by atoms with Crippen molar-refractivity contribution < 1.29 is 27.1 Å². The number of nitrogens with zero attached hydrogens (tertiary/aromatic N) is 2. The molecule has 0 radical (unpaired) electrons. The van der Waals surface area contributed by atoms with E-state index in [-0.39, 0.29) is 35.4 Å². The summed E-state index contributed by atoms with van der Waals surface area (Å²) in [6.45, 7) is 3.67. The summed E-state index contributed by atoms with van der Waals surface area (Å²) >= 11 is 0. The highest BCUT2D eigenvalue weighted by Gasteiger charge is 2.34. The maximum atomic E-state index is 14.4. The fraction of sp³-hybridized carbons (Fsp3) is 0.257. The van der Waals surface area contributed by atoms with Crippen molar-refractivity contribution in [2.24, 2.45) is 5.92 Å². The van der Waals surface area contributed by atoms with Gasteiger partial charge in [0.15, 0.2) is 0 Å². The van der Waals surface area contributed by atoms with Gasteiger partial charge in [0, 0.05) is 25.6 Å². The van der Waals surface area contributed by atoms with Crippen LogP contribution in [0.15, 0.2) is 114 Å². The fourth-order valence-electron chi connectivity index (χ4n) is 4.78. The maximum Gasteiger partial charge on any atom is 0.264 e. The molecule has 0 unspecified atom stereocenters. The second-order valence-corrected chi connectivity index (χ2v) is 12.9. The smallest absolute Gasteiger partial charge is 0.264 e. The number of benzene rings is 4. The minimum absolute atomic E-state index is 0.00113. The predicted octanol–water partition coefficient (Wildman–Crippen LogP) is 5.44. The van der Waals surface area contributed by atoms with Crippen LogP contribution in [0, 0.1) is 11.7 Å². The van der Waals surface area contributed by atoms with E-state index in [0.29, 0.717) is 17.9 Å². The maximum absolute atomic E-state index is 14.4. The van der Waals surface area contributed by atoms with E-state index in [1.165, 1.54) is 42.3 Å². The van der Waals surface area contributed by atoms with Crippen molar-refractivity contribution in [1.29, 1.82) is 0 Å². The molecule has 1 atom stereocenters. The molecule has 8 nitrogen and oxygen atoms in total. The largest absolute Gasteiger partial charge is 0.497 e. The van der Waals surface area contributed by atoms with Crippen LogP contribution >= 0.6 is 0 Å². The Morgan fingerprint density at radius 3 is 2.11 bits per heavy atom. The lowest BCUT2D eigenvalue weighted by Gasteiger charge is -2.34. The van der Waals surface area contributed by atoms with E-state index in [4.69, 9.17) is 4.74 Å². The van der Waals surface area contributed by atoms with E-state index in [0.717, 1.165) is 9.87 Å². The Hall–Kier alpha value is -4.70. The van der Waals surface area contributed by atoms with Crippen LogP contribution in [0.5, 0.6) is 5.75 Å². The number of hydrogen-bond acceptors (Lipinski definition) is 5. The molecule has 0 fully saturated rings. The van der Waals surface area contributed by atoms with Gasteiger partial charge in [0.2, 0.25) is 11.8 Å². The first kappa shape index (κ1) is 33.2. The number of hydrogen-bond donors (Lipinski definition) is 1. The molecule has 0 aromatic heterocycles. The van der Waals surface area contributed by atoms with Gasteiger partial charge in [0.1, 0.15) is 24.2 Å². The van der Waals surface area contributed by atoms with Crippen LogP contribution in [0.3, 0.4) is 0 Å². The predicted molar refractivity (Wildman–Crippen MR) is 173 cm³/mol. The molecule has 0 spiro atoms. The Morgan fingerprint density at radius 1 is 0.844 bits per heavy atom. The molecule has 1 N–H and O–H groups in total. The molecule has 10 heteroatoms. The summed E-state index contributed by atoms with van der Waals surface area (Å²) in [7, 11) is -2.77. The zero-order valence-corrected chi connectivity index (χ0v) is 26.4. The minimum Gasteiger partial charge on any atom is -0.497 e. The Kier molecular flexibility index (Phi) is 11.3. The molecule has 45 heavy (non-hydrogen) atoms. The van der Waals surface area contributed by atoms with Crippen LogP contribution < -0.4 is 14.4 Å². The van der Waals surface area contributed by atoms with Crippen molar-refractivity contribution in [2.75, 3.05) is 24.5 Å².